The van der Waals surface area contributed by atoms with Crippen LogP contribution in [0, 0.1) is 6.92 Å². The molecule has 2 aliphatic heterocycles. The fourth-order valence-electron chi connectivity index (χ4n) is 13.7. The van der Waals surface area contributed by atoms with Gasteiger partial charge in [-0.25, -0.2) is 0 Å². The van der Waals surface area contributed by atoms with E-state index in [-0.39, 0.29) is 17.5 Å². The Labute approximate surface area is 467 Å². The molecule has 14 rings (SSSR count). The standard InChI is InChI=1S/C74H67BN2S/c1-44(2)47-25-32-54(33-26-47)77-66-40-46(5)39-65-68(66)75(71-69(77)67-58-36-27-49(45(3)4)41-62(58)74(70(67)78-71)60-23-17-15-21-56(60)57-22-16-18-24-61(57)74)63-38-28-50(42-64(63)76(65)53-34-29-51(30-35-53)72(6,7)8)59-43-52(73(9,10)11)31-37-55(59)48-19-13-12-14-20-48/h12-45H,1-11H3. The van der Waals surface area contributed by atoms with Crippen LogP contribution < -0.4 is 25.5 Å². The van der Waals surface area contributed by atoms with Crippen LogP contribution in [-0.2, 0) is 16.2 Å². The van der Waals surface area contributed by atoms with Gasteiger partial charge in [0.2, 0.25) is 0 Å². The monoisotopic (exact) mass is 1030 g/mol. The minimum Gasteiger partial charge on any atom is -0.311 e. The summed E-state index contributed by atoms with van der Waals surface area (Å²) < 4.78 is 1.40. The summed E-state index contributed by atoms with van der Waals surface area (Å²) in [6.45, 7) is 25.5. The van der Waals surface area contributed by atoms with Crippen LogP contribution >= 0.6 is 11.3 Å². The Bertz CT molecular complexity index is 4020. The summed E-state index contributed by atoms with van der Waals surface area (Å²) in [6.07, 6.45) is 0. The van der Waals surface area contributed by atoms with Crippen molar-refractivity contribution in [3.63, 3.8) is 0 Å². The Kier molecular flexibility index (Phi) is 10.9. The van der Waals surface area contributed by atoms with Crippen LogP contribution in [0.3, 0.4) is 0 Å². The number of aryl methyl sites for hydroxylation is 1. The number of nitrogens with zero attached hydrogens (tertiary/aromatic N) is 2. The lowest BCUT2D eigenvalue weighted by atomic mass is 9.36. The lowest BCUT2D eigenvalue weighted by Crippen LogP contribution is -2.60. The van der Waals surface area contributed by atoms with Crippen LogP contribution in [-0.4, -0.2) is 6.71 Å². The van der Waals surface area contributed by atoms with Crippen LogP contribution in [0.2, 0.25) is 0 Å². The molecule has 0 N–H and O–H groups in total. The minimum atomic E-state index is -0.489. The Hall–Kier alpha value is -7.66. The highest BCUT2D eigenvalue weighted by molar-refractivity contribution is 7.30. The van der Waals surface area contributed by atoms with Crippen molar-refractivity contribution >= 4 is 67.9 Å². The van der Waals surface area contributed by atoms with Gasteiger partial charge in [-0.15, -0.1) is 11.3 Å². The van der Waals surface area contributed by atoms with E-state index in [1.54, 1.807) is 0 Å². The first kappa shape index (κ1) is 48.7. The number of fused-ring (bicyclic) bond motifs is 15. The second-order valence-electron chi connectivity index (χ2n) is 25.3. The minimum absolute atomic E-state index is 0.0132. The molecule has 78 heavy (non-hydrogen) atoms. The number of rotatable bonds is 6. The zero-order chi connectivity index (χ0) is 53.7. The van der Waals surface area contributed by atoms with Gasteiger partial charge in [0.25, 0.3) is 6.71 Å². The van der Waals surface area contributed by atoms with Crippen LogP contribution in [0.4, 0.5) is 34.1 Å². The number of benzene rings is 9. The Morgan fingerprint density at radius 1 is 0.449 bits per heavy atom. The maximum absolute atomic E-state index is 2.69. The predicted molar refractivity (Wildman–Crippen MR) is 336 cm³/mol. The lowest BCUT2D eigenvalue weighted by Gasteiger charge is -2.44. The molecule has 1 aromatic heterocycles. The SMILES string of the molecule is Cc1cc2c3c(c1)N(c1ccc(C(C)C)cc1)c1c(sc4c1-c1ccc(C(C)C)cc1C41c4ccccc4-c4ccccc41)B3c1ccc(-c3cc(C(C)(C)C)ccc3-c3ccccc3)cc1N2c1ccc(C(C)(C)C)cc1. The normalized spacial score (nSPS) is 14.3. The van der Waals surface area contributed by atoms with E-state index >= 15 is 0 Å². The van der Waals surface area contributed by atoms with E-state index in [1.165, 1.54) is 144 Å². The number of thiophene rings is 1. The molecular weight excluding hydrogens is 960 g/mol. The Morgan fingerprint density at radius 2 is 1.01 bits per heavy atom. The molecule has 0 amide bonds. The molecule has 0 atom stereocenters. The van der Waals surface area contributed by atoms with Crippen LogP contribution in [0.5, 0.6) is 0 Å². The van der Waals surface area contributed by atoms with Crippen molar-refractivity contribution in [2.24, 2.45) is 0 Å². The lowest BCUT2D eigenvalue weighted by molar-refractivity contribution is 0.590. The second kappa shape index (κ2) is 17.4. The summed E-state index contributed by atoms with van der Waals surface area (Å²) in [5, 5.41) is 0. The zero-order valence-electron chi connectivity index (χ0n) is 47.0. The van der Waals surface area contributed by atoms with Gasteiger partial charge in [0, 0.05) is 43.7 Å². The summed E-state index contributed by atoms with van der Waals surface area (Å²) in [5.41, 5.74) is 30.7. The van der Waals surface area contributed by atoms with E-state index in [9.17, 15) is 0 Å². The first-order valence-corrected chi connectivity index (χ1v) is 29.1. The van der Waals surface area contributed by atoms with Gasteiger partial charge in [-0.2, -0.15) is 0 Å². The van der Waals surface area contributed by atoms with Crippen molar-refractivity contribution in [3.8, 4) is 44.5 Å². The molecule has 3 heterocycles. The molecule has 0 saturated heterocycles. The molecule has 9 aromatic carbocycles. The molecule has 0 unspecified atom stereocenters. The van der Waals surface area contributed by atoms with Crippen molar-refractivity contribution in [3.05, 3.63) is 244 Å². The first-order valence-electron chi connectivity index (χ1n) is 28.3. The van der Waals surface area contributed by atoms with Gasteiger partial charge in [-0.1, -0.05) is 221 Å². The van der Waals surface area contributed by atoms with E-state index in [2.05, 4.69) is 291 Å². The molecule has 4 aliphatic rings. The molecule has 10 aromatic rings. The molecule has 0 radical (unpaired) electrons. The average Bonchev–Trinajstić information content (AvgIpc) is 4.27. The first-order chi connectivity index (χ1) is 37.5. The van der Waals surface area contributed by atoms with Crippen molar-refractivity contribution in [2.45, 2.75) is 104 Å². The van der Waals surface area contributed by atoms with Gasteiger partial charge in [0.15, 0.2) is 0 Å². The van der Waals surface area contributed by atoms with Crippen LogP contribution in [0.25, 0.3) is 44.5 Å². The van der Waals surface area contributed by atoms with E-state index in [1.807, 2.05) is 0 Å². The summed E-state index contributed by atoms with van der Waals surface area (Å²) in [7, 11) is 0. The Balaban J connectivity index is 1.11. The predicted octanol–water partition coefficient (Wildman–Crippen LogP) is 18.7. The van der Waals surface area contributed by atoms with Crippen LogP contribution in [0.1, 0.15) is 130 Å². The number of anilines is 6. The van der Waals surface area contributed by atoms with E-state index < -0.39 is 5.41 Å². The molecule has 2 nitrogen and oxygen atoms in total. The topological polar surface area (TPSA) is 6.48 Å². The highest BCUT2D eigenvalue weighted by Gasteiger charge is 2.57. The van der Waals surface area contributed by atoms with Gasteiger partial charge < -0.3 is 9.80 Å². The number of hydrogen-bond donors (Lipinski definition) is 0. The van der Waals surface area contributed by atoms with Gasteiger partial charge in [-0.05, 0) is 166 Å². The molecule has 0 fully saturated rings. The quantitative estimate of drug-likeness (QED) is 0.153. The smallest absolute Gasteiger partial charge is 0.264 e. The van der Waals surface area contributed by atoms with E-state index in [0.717, 1.165) is 0 Å². The molecule has 0 bridgehead atoms. The van der Waals surface area contributed by atoms with Gasteiger partial charge in [-0.3, -0.25) is 0 Å². The number of hydrogen-bond acceptors (Lipinski definition) is 3. The molecule has 4 heteroatoms. The van der Waals surface area contributed by atoms with Crippen LogP contribution in [0.15, 0.2) is 194 Å². The fraction of sp³-hybridized carbons (Fsp3) is 0.216. The molecule has 1 spiro atoms. The van der Waals surface area contributed by atoms with Crippen molar-refractivity contribution in [1.82, 2.24) is 0 Å². The third kappa shape index (κ3) is 7.07. The van der Waals surface area contributed by atoms with E-state index in [0.29, 0.717) is 11.8 Å². The van der Waals surface area contributed by atoms with Gasteiger partial charge in [0.05, 0.1) is 11.1 Å². The van der Waals surface area contributed by atoms with Gasteiger partial charge >= 0.3 is 0 Å². The highest BCUT2D eigenvalue weighted by atomic mass is 32.1. The third-order valence-electron chi connectivity index (χ3n) is 17.8. The largest absolute Gasteiger partial charge is 0.311 e. The van der Waals surface area contributed by atoms with Crippen molar-refractivity contribution in [1.29, 1.82) is 0 Å². The second-order valence-corrected chi connectivity index (χ2v) is 26.4. The molecular formula is C74H67BN2S. The maximum Gasteiger partial charge on any atom is 0.264 e. The van der Waals surface area contributed by atoms with Gasteiger partial charge in [0.1, 0.15) is 0 Å². The van der Waals surface area contributed by atoms with Crippen molar-refractivity contribution in [2.75, 3.05) is 9.80 Å². The summed E-state index contributed by atoms with van der Waals surface area (Å²) in [6, 6.07) is 75.7. The summed E-state index contributed by atoms with van der Waals surface area (Å²) in [5.74, 6) is 0.799. The Morgan fingerprint density at radius 3 is 1.65 bits per heavy atom. The molecule has 382 valence electrons. The molecule has 2 aliphatic carbocycles. The maximum atomic E-state index is 2.69. The van der Waals surface area contributed by atoms with E-state index in [4.69, 9.17) is 0 Å². The zero-order valence-corrected chi connectivity index (χ0v) is 47.8. The highest BCUT2D eigenvalue weighted by Crippen LogP contribution is 2.67. The van der Waals surface area contributed by atoms with Crippen molar-refractivity contribution < 1.29 is 0 Å². The fourth-order valence-corrected chi connectivity index (χ4v) is 15.4. The molecule has 0 saturated carbocycles. The summed E-state index contributed by atoms with van der Waals surface area (Å²) >= 11 is 2.08. The average molecular weight is 1030 g/mol. The third-order valence-corrected chi connectivity index (χ3v) is 19.2. The summed E-state index contributed by atoms with van der Waals surface area (Å²) in [4.78, 5) is 6.73.